The van der Waals surface area contributed by atoms with Gasteiger partial charge in [0.25, 0.3) is 0 Å². The summed E-state index contributed by atoms with van der Waals surface area (Å²) in [5.74, 6) is 0.0154. The third kappa shape index (κ3) is 22.8. The molecule has 12 rings (SSSR count). The average Bonchev–Trinajstić information content (AvgIpc) is 0.763. The Balaban J connectivity index is 0.936. The zero-order chi connectivity index (χ0) is 77.3. The molecule has 0 amide bonds. The third-order valence-electron chi connectivity index (χ3n) is 20.4. The second kappa shape index (κ2) is 42.0. The SMILES string of the molecule is CCCCCCCCO[C@H]1O[C@@H](C)[C@@H](O[C@@H]2O[C@@H](C)[C@@H](OC(=O)c3ccccc3)[C@@H](O[C@@H]3O[C@@H](C)[C@@H](O[C@@H]4O[C@@H](C)[C@@H](OC(=O)c5ccccc5)[C@@H](O)[C@@H]4OCc4ccccc4)[C@@H](OCc4ccc(OC)cc4)[C@@H]3OCc3ccccc3)[C@@H]2OCc2ccccc2)[C@@H](OCc2ccc(OC)cc2)[C@@H]1OCc1ccccc1. The second-order valence-corrected chi connectivity index (χ2v) is 28.5. The molecule has 8 aromatic rings. The first-order valence-electron chi connectivity index (χ1n) is 38.8. The maximum atomic E-state index is 14.9. The van der Waals surface area contributed by atoms with E-state index in [0.29, 0.717) is 18.1 Å². The molecule has 4 fully saturated rings. The van der Waals surface area contributed by atoms with Crippen LogP contribution in [0.1, 0.15) is 127 Å². The summed E-state index contributed by atoms with van der Waals surface area (Å²) in [5.41, 5.74) is 5.53. The molecule has 4 aliphatic rings. The van der Waals surface area contributed by atoms with Crippen molar-refractivity contribution in [3.05, 3.63) is 275 Å². The minimum absolute atomic E-state index is 0.00152. The number of hydrogen-bond donors (Lipinski definition) is 1. The van der Waals surface area contributed by atoms with Gasteiger partial charge in [-0.2, -0.15) is 0 Å². The molecule has 0 saturated carbocycles. The zero-order valence-electron chi connectivity index (χ0n) is 64.3. The fourth-order valence-electron chi connectivity index (χ4n) is 14.3. The first-order valence-corrected chi connectivity index (χ1v) is 38.8. The highest BCUT2D eigenvalue weighted by Gasteiger charge is 2.58. The van der Waals surface area contributed by atoms with Crippen LogP contribution in [0.2, 0.25) is 0 Å². The molecule has 0 aromatic heterocycles. The van der Waals surface area contributed by atoms with Gasteiger partial charge in [-0.15, -0.1) is 0 Å². The summed E-state index contributed by atoms with van der Waals surface area (Å²) >= 11 is 0. The average molecular weight is 1520 g/mol. The molecule has 1 N–H and O–H groups in total. The van der Waals surface area contributed by atoms with E-state index in [1.165, 1.54) is 6.42 Å². The molecule has 0 radical (unpaired) electrons. The monoisotopic (exact) mass is 1520 g/mol. The lowest BCUT2D eigenvalue weighted by atomic mass is 9.95. The van der Waals surface area contributed by atoms with Crippen LogP contribution < -0.4 is 9.47 Å². The van der Waals surface area contributed by atoms with Crippen molar-refractivity contribution in [2.75, 3.05) is 20.8 Å². The van der Waals surface area contributed by atoms with Crippen molar-refractivity contribution in [2.45, 2.75) is 236 Å². The van der Waals surface area contributed by atoms with Gasteiger partial charge in [-0.3, -0.25) is 0 Å². The molecule has 20 atom stereocenters. The maximum absolute atomic E-state index is 14.9. The van der Waals surface area contributed by atoms with E-state index in [9.17, 15) is 14.7 Å². The zero-order valence-corrected chi connectivity index (χ0v) is 64.3. The Morgan fingerprint density at radius 1 is 0.306 bits per heavy atom. The van der Waals surface area contributed by atoms with Gasteiger partial charge in [0, 0.05) is 6.61 Å². The topological polar surface area (TPSA) is 221 Å². The van der Waals surface area contributed by atoms with E-state index < -0.39 is 135 Å². The summed E-state index contributed by atoms with van der Waals surface area (Å²) < 4.78 is 124. The van der Waals surface area contributed by atoms with Gasteiger partial charge in [-0.05, 0) is 116 Å². The number of unbranched alkanes of at least 4 members (excludes halogenated alkanes) is 5. The molecular weight excluding hydrogens is 1420 g/mol. The highest BCUT2D eigenvalue weighted by atomic mass is 16.8. The molecule has 21 heteroatoms. The fourth-order valence-corrected chi connectivity index (χ4v) is 14.3. The van der Waals surface area contributed by atoms with Gasteiger partial charge in [-0.25, -0.2) is 9.59 Å². The molecule has 8 aromatic carbocycles. The van der Waals surface area contributed by atoms with E-state index in [2.05, 4.69) is 6.92 Å². The largest absolute Gasteiger partial charge is 0.497 e. The highest BCUT2D eigenvalue weighted by Crippen LogP contribution is 2.41. The summed E-state index contributed by atoms with van der Waals surface area (Å²) in [7, 11) is 3.23. The Bertz CT molecular complexity index is 3980. The molecule has 4 heterocycles. The minimum Gasteiger partial charge on any atom is -0.497 e. The standard InChI is InChI=1S/C90H106O21/c1-8-9-10-11-12-31-52-96-87-82(100-54-64-34-21-14-22-35-64)79(98-57-67-44-48-71(94-6)49-45-67)75(60(3)103-87)110-90-84(102-56-66-38-25-16-26-39-66)81(77(62(5)106-90)108-86(93)70-42-29-18-30-43-70)111-89-83(101-55-65-36-23-15-24-37-65)80(99-58-68-46-50-72(95-7)51-47-68)76(61(4)105-89)109-88-78(97-53-63-32-19-13-20-33-63)73(91)74(59(2)104-88)107-85(92)69-40-27-17-28-41-69/h13-30,32-51,59-62,73-84,87-91H,8-12,31,52-58H2,1-7H3/t59-,60-,61-,62-,73+,74+,75+,76+,77+,78-,79+,80+,81+,82-,83-,84-,87-,88-,89-,90-/m0/s1. The summed E-state index contributed by atoms with van der Waals surface area (Å²) in [4.78, 5) is 28.7. The van der Waals surface area contributed by atoms with Crippen LogP contribution in [0.5, 0.6) is 11.5 Å². The number of carbonyl (C=O) groups is 2. The van der Waals surface area contributed by atoms with Gasteiger partial charge in [0.2, 0.25) is 0 Å². The number of aliphatic hydroxyl groups is 1. The van der Waals surface area contributed by atoms with Crippen molar-refractivity contribution in [1.82, 2.24) is 0 Å². The number of carbonyl (C=O) groups excluding carboxylic acids is 2. The summed E-state index contributed by atoms with van der Waals surface area (Å²) in [6.07, 6.45) is -16.3. The number of methoxy groups -OCH3 is 2. The van der Waals surface area contributed by atoms with Gasteiger partial charge in [0.05, 0.1) is 89.4 Å². The molecule has 4 aliphatic heterocycles. The summed E-state index contributed by atoms with van der Waals surface area (Å²) in [6.45, 7) is 10.2. The van der Waals surface area contributed by atoms with Crippen LogP contribution in [0.4, 0.5) is 0 Å². The smallest absolute Gasteiger partial charge is 0.338 e. The molecule has 4 saturated heterocycles. The lowest BCUT2D eigenvalue weighted by Crippen LogP contribution is -2.67. The number of hydrogen-bond acceptors (Lipinski definition) is 21. The van der Waals surface area contributed by atoms with Crippen molar-refractivity contribution in [1.29, 1.82) is 0 Å². The molecule has 0 bridgehead atoms. The normalized spacial score (nSPS) is 28.0. The predicted molar refractivity (Wildman–Crippen MR) is 412 cm³/mol. The molecule has 0 spiro atoms. The predicted octanol–water partition coefficient (Wildman–Crippen LogP) is 14.8. The maximum Gasteiger partial charge on any atom is 0.338 e. The molecular formula is C90H106O21. The van der Waals surface area contributed by atoms with Crippen LogP contribution in [0, 0.1) is 0 Å². The lowest BCUT2D eigenvalue weighted by Gasteiger charge is -2.51. The first-order chi connectivity index (χ1) is 54.3. The Kier molecular flexibility index (Phi) is 31.1. The van der Waals surface area contributed by atoms with Crippen molar-refractivity contribution in [2.24, 2.45) is 0 Å². The number of benzene rings is 8. The van der Waals surface area contributed by atoms with Crippen molar-refractivity contribution in [3.8, 4) is 11.5 Å². The van der Waals surface area contributed by atoms with Gasteiger partial charge in [0.15, 0.2) is 37.4 Å². The number of ether oxygens (including phenoxy) is 18. The lowest BCUT2D eigenvalue weighted by molar-refractivity contribution is -0.394. The quantitative estimate of drug-likeness (QED) is 0.0281. The van der Waals surface area contributed by atoms with E-state index in [0.717, 1.165) is 65.5 Å². The van der Waals surface area contributed by atoms with Gasteiger partial charge < -0.3 is 90.4 Å². The van der Waals surface area contributed by atoms with E-state index in [4.69, 9.17) is 85.3 Å². The van der Waals surface area contributed by atoms with Crippen LogP contribution in [0.3, 0.4) is 0 Å². The van der Waals surface area contributed by atoms with E-state index in [-0.39, 0.29) is 50.8 Å². The number of rotatable bonds is 38. The first kappa shape index (κ1) is 82.2. The Labute approximate surface area is 651 Å². The highest BCUT2D eigenvalue weighted by molar-refractivity contribution is 5.90. The molecule has 111 heavy (non-hydrogen) atoms. The molecule has 0 aliphatic carbocycles. The van der Waals surface area contributed by atoms with Gasteiger partial charge >= 0.3 is 11.9 Å². The molecule has 0 unspecified atom stereocenters. The van der Waals surface area contributed by atoms with Crippen LogP contribution in [-0.2, 0) is 115 Å². The fraction of sp³-hybridized carbons (Fsp3) is 0.444. The number of esters is 2. The van der Waals surface area contributed by atoms with E-state index in [1.54, 1.807) is 82.7 Å². The van der Waals surface area contributed by atoms with Gasteiger partial charge in [-0.1, -0.05) is 221 Å². The van der Waals surface area contributed by atoms with Crippen molar-refractivity contribution < 1.29 is 100.0 Å². The molecule has 21 nitrogen and oxygen atoms in total. The molecule has 592 valence electrons. The van der Waals surface area contributed by atoms with Crippen LogP contribution in [0.15, 0.2) is 231 Å². The minimum atomic E-state index is -1.49. The van der Waals surface area contributed by atoms with Crippen molar-refractivity contribution in [3.63, 3.8) is 0 Å². The van der Waals surface area contributed by atoms with Crippen LogP contribution in [-0.4, -0.2) is 161 Å². The van der Waals surface area contributed by atoms with Crippen LogP contribution >= 0.6 is 0 Å². The Hall–Kier alpha value is -8.30. The van der Waals surface area contributed by atoms with Crippen molar-refractivity contribution >= 4 is 11.9 Å². The van der Waals surface area contributed by atoms with Gasteiger partial charge in [0.1, 0.15) is 72.5 Å². The summed E-state index contributed by atoms with van der Waals surface area (Å²) in [5, 5.41) is 12.6. The van der Waals surface area contributed by atoms with E-state index in [1.807, 2.05) is 190 Å². The Morgan fingerprint density at radius 3 is 1.01 bits per heavy atom. The Morgan fingerprint density at radius 2 is 0.604 bits per heavy atom. The van der Waals surface area contributed by atoms with Crippen LogP contribution in [0.25, 0.3) is 0 Å². The summed E-state index contributed by atoms with van der Waals surface area (Å²) in [6, 6.07) is 71.0. The number of aliphatic hydroxyl groups excluding tert-OH is 1. The third-order valence-corrected chi connectivity index (χ3v) is 20.4. The second-order valence-electron chi connectivity index (χ2n) is 28.5. The van der Waals surface area contributed by atoms with E-state index >= 15 is 0 Å².